The van der Waals surface area contributed by atoms with Gasteiger partial charge < -0.3 is 0 Å². The van der Waals surface area contributed by atoms with E-state index in [0.29, 0.717) is 12.2 Å². The SMILES string of the molecule is CCCCCCCCCCCC(=O)c1ccc(CCBr)cc1. The van der Waals surface area contributed by atoms with Crippen molar-refractivity contribution in [3.05, 3.63) is 35.4 Å². The molecule has 22 heavy (non-hydrogen) atoms. The Morgan fingerprint density at radius 1 is 0.864 bits per heavy atom. The van der Waals surface area contributed by atoms with Gasteiger partial charge in [-0.1, -0.05) is 98.5 Å². The number of rotatable bonds is 13. The summed E-state index contributed by atoms with van der Waals surface area (Å²) in [5, 5.41) is 0.971. The predicted molar refractivity (Wildman–Crippen MR) is 100 cm³/mol. The second-order valence-electron chi connectivity index (χ2n) is 6.14. The Bertz CT molecular complexity index is 397. The molecule has 0 aliphatic rings. The number of hydrogen-bond acceptors (Lipinski definition) is 1. The van der Waals surface area contributed by atoms with Crippen molar-refractivity contribution >= 4 is 21.7 Å². The minimum absolute atomic E-state index is 0.299. The van der Waals surface area contributed by atoms with Crippen molar-refractivity contribution < 1.29 is 4.79 Å². The van der Waals surface area contributed by atoms with Gasteiger partial charge in [-0.15, -0.1) is 0 Å². The molecule has 0 amide bonds. The van der Waals surface area contributed by atoms with Crippen LogP contribution in [0.1, 0.15) is 87.1 Å². The van der Waals surface area contributed by atoms with Crippen LogP contribution in [-0.4, -0.2) is 11.1 Å². The Labute approximate surface area is 145 Å². The van der Waals surface area contributed by atoms with Crippen LogP contribution in [0.15, 0.2) is 24.3 Å². The summed E-state index contributed by atoms with van der Waals surface area (Å²) in [6, 6.07) is 8.11. The summed E-state index contributed by atoms with van der Waals surface area (Å²) in [5.74, 6) is 0.299. The topological polar surface area (TPSA) is 17.1 Å². The second-order valence-corrected chi connectivity index (χ2v) is 6.93. The smallest absolute Gasteiger partial charge is 0.162 e. The highest BCUT2D eigenvalue weighted by atomic mass is 79.9. The van der Waals surface area contributed by atoms with Crippen LogP contribution in [-0.2, 0) is 6.42 Å². The van der Waals surface area contributed by atoms with E-state index >= 15 is 0 Å². The molecule has 0 spiro atoms. The third-order valence-corrected chi connectivity index (χ3v) is 4.56. The Hall–Kier alpha value is -0.630. The van der Waals surface area contributed by atoms with Crippen molar-refractivity contribution in [3.8, 4) is 0 Å². The van der Waals surface area contributed by atoms with Crippen molar-refractivity contribution in [1.82, 2.24) is 0 Å². The minimum atomic E-state index is 0.299. The van der Waals surface area contributed by atoms with E-state index < -0.39 is 0 Å². The van der Waals surface area contributed by atoms with Crippen LogP contribution in [0.4, 0.5) is 0 Å². The molecule has 0 bridgehead atoms. The first-order valence-electron chi connectivity index (χ1n) is 8.96. The summed E-state index contributed by atoms with van der Waals surface area (Å²) in [5.41, 5.74) is 2.16. The van der Waals surface area contributed by atoms with Gasteiger partial charge in [-0.3, -0.25) is 4.79 Å². The molecule has 2 heteroatoms. The molecule has 0 aliphatic carbocycles. The van der Waals surface area contributed by atoms with Gasteiger partial charge in [-0.05, 0) is 18.4 Å². The number of Topliss-reactive ketones (excluding diaryl/α,β-unsaturated/α-hetero) is 1. The zero-order chi connectivity index (χ0) is 16.0. The summed E-state index contributed by atoms with van der Waals surface area (Å²) in [4.78, 5) is 12.1. The van der Waals surface area contributed by atoms with Gasteiger partial charge in [0.1, 0.15) is 0 Å². The summed E-state index contributed by atoms with van der Waals surface area (Å²) >= 11 is 3.44. The highest BCUT2D eigenvalue weighted by Gasteiger charge is 2.05. The van der Waals surface area contributed by atoms with E-state index in [2.05, 4.69) is 35.0 Å². The van der Waals surface area contributed by atoms with Crippen LogP contribution in [0.25, 0.3) is 0 Å². The lowest BCUT2D eigenvalue weighted by Gasteiger charge is -2.04. The van der Waals surface area contributed by atoms with Gasteiger partial charge in [0.25, 0.3) is 0 Å². The Balaban J connectivity index is 2.08. The average molecular weight is 367 g/mol. The maximum Gasteiger partial charge on any atom is 0.162 e. The molecule has 0 heterocycles. The van der Waals surface area contributed by atoms with E-state index in [9.17, 15) is 4.79 Å². The first-order chi connectivity index (χ1) is 10.8. The molecule has 0 saturated heterocycles. The number of benzene rings is 1. The number of halogens is 1. The zero-order valence-corrected chi connectivity index (χ0v) is 15.7. The summed E-state index contributed by atoms with van der Waals surface area (Å²) in [6.07, 6.45) is 13.4. The van der Waals surface area contributed by atoms with E-state index in [1.807, 2.05) is 12.1 Å². The number of alkyl halides is 1. The molecule has 1 aromatic rings. The first kappa shape index (κ1) is 19.4. The molecule has 0 N–H and O–H groups in total. The van der Waals surface area contributed by atoms with Crippen LogP contribution in [0.5, 0.6) is 0 Å². The van der Waals surface area contributed by atoms with Gasteiger partial charge >= 0.3 is 0 Å². The van der Waals surface area contributed by atoms with E-state index in [4.69, 9.17) is 0 Å². The van der Waals surface area contributed by atoms with Crippen molar-refractivity contribution in [3.63, 3.8) is 0 Å². The van der Waals surface area contributed by atoms with Gasteiger partial charge in [0, 0.05) is 17.3 Å². The average Bonchev–Trinajstić information content (AvgIpc) is 2.54. The first-order valence-corrected chi connectivity index (χ1v) is 10.1. The van der Waals surface area contributed by atoms with Crippen molar-refractivity contribution in [1.29, 1.82) is 0 Å². The van der Waals surface area contributed by atoms with Crippen LogP contribution in [0, 0.1) is 0 Å². The number of hydrogen-bond donors (Lipinski definition) is 0. The third kappa shape index (κ3) is 8.73. The fourth-order valence-corrected chi connectivity index (χ4v) is 3.16. The molecule has 1 rings (SSSR count). The van der Waals surface area contributed by atoms with E-state index in [0.717, 1.165) is 23.7 Å². The van der Waals surface area contributed by atoms with Crippen molar-refractivity contribution in [2.75, 3.05) is 5.33 Å². The maximum absolute atomic E-state index is 12.1. The van der Waals surface area contributed by atoms with E-state index in [-0.39, 0.29) is 0 Å². The molecule has 1 aromatic carbocycles. The molecule has 0 unspecified atom stereocenters. The molecule has 0 radical (unpaired) electrons. The fourth-order valence-electron chi connectivity index (χ4n) is 2.71. The molecule has 0 aliphatic heterocycles. The molecule has 0 atom stereocenters. The van der Waals surface area contributed by atoms with Crippen LogP contribution in [0.2, 0.25) is 0 Å². The fraction of sp³-hybridized carbons (Fsp3) is 0.650. The van der Waals surface area contributed by atoms with Gasteiger partial charge in [0.05, 0.1) is 0 Å². The quantitative estimate of drug-likeness (QED) is 0.215. The maximum atomic E-state index is 12.1. The number of ketones is 1. The number of unbranched alkanes of at least 4 members (excludes halogenated alkanes) is 8. The number of carbonyl (C=O) groups is 1. The van der Waals surface area contributed by atoms with E-state index in [1.165, 1.54) is 56.9 Å². The third-order valence-electron chi connectivity index (χ3n) is 4.17. The standard InChI is InChI=1S/C20H31BrO/c1-2-3-4-5-6-7-8-9-10-11-20(22)19-14-12-18(13-15-19)16-17-21/h12-15H,2-11,16-17H2,1H3. The van der Waals surface area contributed by atoms with Crippen molar-refractivity contribution in [2.45, 2.75) is 77.6 Å². The minimum Gasteiger partial charge on any atom is -0.294 e. The summed E-state index contributed by atoms with van der Waals surface area (Å²) in [6.45, 7) is 2.26. The van der Waals surface area contributed by atoms with Gasteiger partial charge in [-0.2, -0.15) is 0 Å². The summed E-state index contributed by atoms with van der Waals surface area (Å²) < 4.78 is 0. The molecule has 0 saturated carbocycles. The molecule has 1 nitrogen and oxygen atoms in total. The van der Waals surface area contributed by atoms with Crippen molar-refractivity contribution in [2.24, 2.45) is 0 Å². The van der Waals surface area contributed by atoms with E-state index in [1.54, 1.807) is 0 Å². The summed E-state index contributed by atoms with van der Waals surface area (Å²) in [7, 11) is 0. The van der Waals surface area contributed by atoms with Gasteiger partial charge in [0.15, 0.2) is 5.78 Å². The Kier molecular flexibility index (Phi) is 11.4. The highest BCUT2D eigenvalue weighted by molar-refractivity contribution is 9.09. The predicted octanol–water partition coefficient (Wildman–Crippen LogP) is 6.73. The number of carbonyl (C=O) groups excluding carboxylic acids is 1. The molecule has 124 valence electrons. The van der Waals surface area contributed by atoms with Crippen LogP contribution < -0.4 is 0 Å². The lowest BCUT2D eigenvalue weighted by atomic mass is 10.0. The zero-order valence-electron chi connectivity index (χ0n) is 14.1. The molecule has 0 aromatic heterocycles. The largest absolute Gasteiger partial charge is 0.294 e. The Morgan fingerprint density at radius 2 is 1.41 bits per heavy atom. The lowest BCUT2D eigenvalue weighted by molar-refractivity contribution is 0.0979. The van der Waals surface area contributed by atoms with Gasteiger partial charge in [-0.25, -0.2) is 0 Å². The normalized spacial score (nSPS) is 10.8. The number of aryl methyl sites for hydroxylation is 1. The van der Waals surface area contributed by atoms with Gasteiger partial charge in [0.2, 0.25) is 0 Å². The van der Waals surface area contributed by atoms with Crippen LogP contribution in [0.3, 0.4) is 0 Å². The van der Waals surface area contributed by atoms with Crippen LogP contribution >= 0.6 is 15.9 Å². The molecular formula is C20H31BrO. The Morgan fingerprint density at radius 3 is 1.95 bits per heavy atom. The monoisotopic (exact) mass is 366 g/mol. The highest BCUT2D eigenvalue weighted by Crippen LogP contribution is 2.13. The molecular weight excluding hydrogens is 336 g/mol. The molecule has 0 fully saturated rings. The lowest BCUT2D eigenvalue weighted by Crippen LogP contribution is -1.99. The second kappa shape index (κ2) is 12.9.